The Morgan fingerprint density at radius 3 is 2.14 bits per heavy atom. The van der Waals surface area contributed by atoms with Crippen LogP contribution in [0.5, 0.6) is 17.2 Å². The number of hydrogen-bond acceptors (Lipinski definition) is 7. The molecule has 0 N–H and O–H groups in total. The second-order valence-electron chi connectivity index (χ2n) is 6.28. The van der Waals surface area contributed by atoms with Crippen LogP contribution < -0.4 is 14.2 Å². The van der Waals surface area contributed by atoms with Gasteiger partial charge >= 0.3 is 5.97 Å². The minimum atomic E-state index is -0.416. The van der Waals surface area contributed by atoms with Gasteiger partial charge in [-0.2, -0.15) is 0 Å². The fourth-order valence-corrected chi connectivity index (χ4v) is 2.60. The van der Waals surface area contributed by atoms with Gasteiger partial charge in [0.1, 0.15) is 42.8 Å². The zero-order valence-corrected chi connectivity index (χ0v) is 16.6. The normalized spacial score (nSPS) is 10.4. The second kappa shape index (κ2) is 9.64. The maximum atomic E-state index is 12.1. The zero-order valence-electron chi connectivity index (χ0n) is 16.6. The lowest BCUT2D eigenvalue weighted by atomic mass is 10.2. The molecular formula is C22H23NO6. The number of carbonyl (C=O) groups excluding carboxylic acids is 1. The smallest absolute Gasteiger partial charge is 0.338 e. The van der Waals surface area contributed by atoms with Crippen molar-refractivity contribution in [2.75, 3.05) is 20.3 Å². The lowest BCUT2D eigenvalue weighted by molar-refractivity contribution is 0.0450. The number of carbonyl (C=O) groups is 1. The molecule has 0 aliphatic carbocycles. The predicted molar refractivity (Wildman–Crippen MR) is 106 cm³/mol. The highest BCUT2D eigenvalue weighted by Gasteiger charge is 2.11. The van der Waals surface area contributed by atoms with Gasteiger partial charge in [-0.05, 0) is 62.4 Å². The van der Waals surface area contributed by atoms with Crippen molar-refractivity contribution in [1.82, 2.24) is 5.16 Å². The monoisotopic (exact) mass is 397 g/mol. The molecule has 3 rings (SSSR count). The van der Waals surface area contributed by atoms with Crippen LogP contribution in [0.2, 0.25) is 0 Å². The topological polar surface area (TPSA) is 80.0 Å². The lowest BCUT2D eigenvalue weighted by Crippen LogP contribution is -2.12. The third kappa shape index (κ3) is 5.51. The van der Waals surface area contributed by atoms with Gasteiger partial charge in [0.05, 0.1) is 23.9 Å². The van der Waals surface area contributed by atoms with Crippen LogP contribution in [0.1, 0.15) is 27.4 Å². The van der Waals surface area contributed by atoms with Crippen LogP contribution in [0.25, 0.3) is 0 Å². The molecule has 3 aromatic rings. The van der Waals surface area contributed by atoms with E-state index in [0.717, 1.165) is 22.8 Å². The van der Waals surface area contributed by atoms with E-state index in [1.807, 2.05) is 13.8 Å². The van der Waals surface area contributed by atoms with E-state index in [2.05, 4.69) is 5.16 Å². The molecule has 0 amide bonds. The van der Waals surface area contributed by atoms with Crippen LogP contribution in [0, 0.1) is 13.8 Å². The van der Waals surface area contributed by atoms with E-state index in [-0.39, 0.29) is 13.2 Å². The standard InChI is InChI=1S/C22H23NO6/c1-15-21(16(2)29-23-15)14-28-20-6-4-17(5-7-20)22(24)27-13-12-26-19-10-8-18(25-3)9-11-19/h4-11H,12-14H2,1-3H3. The van der Waals surface area contributed by atoms with Crippen LogP contribution in [0.15, 0.2) is 53.1 Å². The number of rotatable bonds is 9. The molecule has 0 aliphatic heterocycles. The molecule has 1 aromatic heterocycles. The Kier molecular flexibility index (Phi) is 6.73. The summed E-state index contributed by atoms with van der Waals surface area (Å²) in [7, 11) is 1.60. The molecule has 0 saturated carbocycles. The molecule has 0 spiro atoms. The van der Waals surface area contributed by atoms with Gasteiger partial charge in [-0.3, -0.25) is 0 Å². The molecule has 0 aliphatic rings. The van der Waals surface area contributed by atoms with Crippen LogP contribution in [-0.2, 0) is 11.3 Å². The molecule has 7 heteroatoms. The number of hydrogen-bond donors (Lipinski definition) is 0. The maximum absolute atomic E-state index is 12.1. The highest BCUT2D eigenvalue weighted by Crippen LogP contribution is 2.19. The van der Waals surface area contributed by atoms with Gasteiger partial charge in [0.25, 0.3) is 0 Å². The van der Waals surface area contributed by atoms with Crippen molar-refractivity contribution in [3.05, 3.63) is 71.1 Å². The van der Waals surface area contributed by atoms with E-state index in [1.54, 1.807) is 55.6 Å². The largest absolute Gasteiger partial charge is 0.497 e. The number of aryl methyl sites for hydroxylation is 2. The molecule has 2 aromatic carbocycles. The summed E-state index contributed by atoms with van der Waals surface area (Å²) >= 11 is 0. The average Bonchev–Trinajstić information content (AvgIpc) is 3.07. The Morgan fingerprint density at radius 2 is 1.52 bits per heavy atom. The van der Waals surface area contributed by atoms with Gasteiger partial charge in [0, 0.05) is 0 Å². The van der Waals surface area contributed by atoms with E-state index in [4.69, 9.17) is 23.5 Å². The van der Waals surface area contributed by atoms with E-state index in [1.165, 1.54) is 0 Å². The summed E-state index contributed by atoms with van der Waals surface area (Å²) in [6.45, 7) is 4.47. The van der Waals surface area contributed by atoms with Crippen molar-refractivity contribution in [2.45, 2.75) is 20.5 Å². The highest BCUT2D eigenvalue weighted by molar-refractivity contribution is 5.89. The molecule has 1 heterocycles. The number of ether oxygens (including phenoxy) is 4. The number of benzene rings is 2. The van der Waals surface area contributed by atoms with E-state index >= 15 is 0 Å². The van der Waals surface area contributed by atoms with Gasteiger partial charge in [-0.25, -0.2) is 4.79 Å². The first kappa shape index (κ1) is 20.3. The second-order valence-corrected chi connectivity index (χ2v) is 6.28. The van der Waals surface area contributed by atoms with Crippen molar-refractivity contribution in [2.24, 2.45) is 0 Å². The lowest BCUT2D eigenvalue weighted by Gasteiger charge is -2.09. The first-order chi connectivity index (χ1) is 14.1. The molecule has 0 saturated heterocycles. The Hall–Kier alpha value is -3.48. The maximum Gasteiger partial charge on any atom is 0.338 e. The first-order valence-electron chi connectivity index (χ1n) is 9.15. The van der Waals surface area contributed by atoms with E-state index in [0.29, 0.717) is 23.7 Å². The predicted octanol–water partition coefficient (Wildman–Crippen LogP) is 4.11. The Bertz CT molecular complexity index is 911. The third-order valence-corrected chi connectivity index (χ3v) is 4.30. The minimum Gasteiger partial charge on any atom is -0.497 e. The molecule has 0 unspecified atom stereocenters. The number of aromatic nitrogens is 1. The SMILES string of the molecule is COc1ccc(OCCOC(=O)c2ccc(OCc3c(C)noc3C)cc2)cc1. The van der Waals surface area contributed by atoms with Crippen LogP contribution in [0.3, 0.4) is 0 Å². The molecule has 0 fully saturated rings. The summed E-state index contributed by atoms with van der Waals surface area (Å²) in [4.78, 5) is 12.1. The Labute approximate surface area is 169 Å². The van der Waals surface area contributed by atoms with Crippen molar-refractivity contribution < 1.29 is 28.3 Å². The minimum absolute atomic E-state index is 0.148. The number of nitrogens with zero attached hydrogens (tertiary/aromatic N) is 1. The van der Waals surface area contributed by atoms with Crippen molar-refractivity contribution in [1.29, 1.82) is 0 Å². The average molecular weight is 397 g/mol. The summed E-state index contributed by atoms with van der Waals surface area (Å²) < 4.78 is 26.7. The van der Waals surface area contributed by atoms with Gasteiger partial charge in [0.15, 0.2) is 0 Å². The quantitative estimate of drug-likeness (QED) is 0.397. The van der Waals surface area contributed by atoms with Gasteiger partial charge in [-0.15, -0.1) is 0 Å². The summed E-state index contributed by atoms with van der Waals surface area (Å²) in [6.07, 6.45) is 0. The van der Waals surface area contributed by atoms with Gasteiger partial charge in [0.2, 0.25) is 0 Å². The van der Waals surface area contributed by atoms with Gasteiger partial charge in [-0.1, -0.05) is 5.16 Å². The third-order valence-electron chi connectivity index (χ3n) is 4.30. The zero-order chi connectivity index (χ0) is 20.6. The molecular weight excluding hydrogens is 374 g/mol. The van der Waals surface area contributed by atoms with Crippen molar-refractivity contribution >= 4 is 5.97 Å². The van der Waals surface area contributed by atoms with E-state index in [9.17, 15) is 4.79 Å². The molecule has 0 radical (unpaired) electrons. The summed E-state index contributed by atoms with van der Waals surface area (Å²) in [5.41, 5.74) is 2.17. The highest BCUT2D eigenvalue weighted by atomic mass is 16.6. The molecule has 0 atom stereocenters. The fraction of sp³-hybridized carbons (Fsp3) is 0.273. The molecule has 29 heavy (non-hydrogen) atoms. The Morgan fingerprint density at radius 1 is 0.897 bits per heavy atom. The first-order valence-corrected chi connectivity index (χ1v) is 9.15. The van der Waals surface area contributed by atoms with Crippen LogP contribution in [-0.4, -0.2) is 31.4 Å². The fourth-order valence-electron chi connectivity index (χ4n) is 2.60. The molecule has 0 bridgehead atoms. The van der Waals surface area contributed by atoms with E-state index < -0.39 is 5.97 Å². The Balaban J connectivity index is 1.42. The molecule has 152 valence electrons. The summed E-state index contributed by atoms with van der Waals surface area (Å²) in [5.74, 6) is 2.40. The van der Waals surface area contributed by atoms with Gasteiger partial charge < -0.3 is 23.5 Å². The van der Waals surface area contributed by atoms with Crippen LogP contribution >= 0.6 is 0 Å². The summed E-state index contributed by atoms with van der Waals surface area (Å²) in [5, 5.41) is 3.90. The van der Waals surface area contributed by atoms with Crippen LogP contribution in [0.4, 0.5) is 0 Å². The number of esters is 1. The van der Waals surface area contributed by atoms with Crippen molar-refractivity contribution in [3.63, 3.8) is 0 Å². The van der Waals surface area contributed by atoms with Crippen molar-refractivity contribution in [3.8, 4) is 17.2 Å². The summed E-state index contributed by atoms with van der Waals surface area (Å²) in [6, 6.07) is 14.0. The number of methoxy groups -OCH3 is 1. The molecule has 7 nitrogen and oxygen atoms in total.